The van der Waals surface area contributed by atoms with Gasteiger partial charge in [-0.1, -0.05) is 37.3 Å². The minimum Gasteiger partial charge on any atom is -0.394 e. The van der Waals surface area contributed by atoms with Gasteiger partial charge in [0, 0.05) is 18.8 Å². The Morgan fingerprint density at radius 3 is 2.38 bits per heavy atom. The van der Waals surface area contributed by atoms with Gasteiger partial charge in [0.25, 0.3) is 5.91 Å². The molecule has 3 aromatic rings. The molecule has 1 saturated heterocycles. The number of benzene rings is 2. The van der Waals surface area contributed by atoms with Gasteiger partial charge in [-0.3, -0.25) is 4.79 Å². The van der Waals surface area contributed by atoms with Crippen LogP contribution in [0.1, 0.15) is 77.0 Å². The van der Waals surface area contributed by atoms with Crippen molar-refractivity contribution in [3.63, 3.8) is 0 Å². The van der Waals surface area contributed by atoms with E-state index in [0.717, 1.165) is 0 Å². The molecule has 1 unspecified atom stereocenters. The normalized spacial score (nSPS) is 18.3. The molecule has 2 heterocycles. The van der Waals surface area contributed by atoms with Crippen molar-refractivity contribution in [3.05, 3.63) is 81.9 Å². The van der Waals surface area contributed by atoms with Crippen LogP contribution in [0.5, 0.6) is 0 Å². The summed E-state index contributed by atoms with van der Waals surface area (Å²) in [5.74, 6) is -0.452. The predicted octanol–water partition coefficient (Wildman–Crippen LogP) is 4.03. The summed E-state index contributed by atoms with van der Waals surface area (Å²) in [4.78, 5) is 18.2. The van der Waals surface area contributed by atoms with E-state index >= 15 is 0 Å². The average Bonchev–Trinajstić information content (AvgIpc) is 3.55. The Bertz CT molecular complexity index is 1550. The number of carbonyl (C=O) groups excluding carboxylic acids is 1. The Hall–Kier alpha value is -3.26. The zero-order valence-corrected chi connectivity index (χ0v) is 24.3. The van der Waals surface area contributed by atoms with Crippen LogP contribution >= 0.6 is 0 Å². The Morgan fingerprint density at radius 1 is 1.17 bits per heavy atom. The Labute approximate surface area is 242 Å². The lowest BCUT2D eigenvalue weighted by atomic mass is 9.99. The molecule has 1 amide bonds. The molecule has 0 spiro atoms. The van der Waals surface area contributed by atoms with E-state index in [-0.39, 0.29) is 34.0 Å². The fourth-order valence-corrected chi connectivity index (χ4v) is 6.17. The second-order valence-corrected chi connectivity index (χ2v) is 12.7. The highest BCUT2D eigenvalue weighted by Crippen LogP contribution is 2.39. The van der Waals surface area contributed by atoms with Crippen LogP contribution in [-0.4, -0.2) is 53.1 Å². The van der Waals surface area contributed by atoms with E-state index in [1.807, 2.05) is 0 Å². The monoisotopic (exact) mass is 609 g/mol. The SMILES string of the molecule is CCS(=O)(=O)c1ccc([C@H](CO)NC(=O)c2nc(C3(C)CCCO3)n(Cc3cccc(CO)c3C(F)(F)F)c2C)cc1. The van der Waals surface area contributed by atoms with Crippen LogP contribution in [0.25, 0.3) is 0 Å². The number of aliphatic hydroxyl groups is 2. The number of ether oxygens (including phenoxy) is 1. The largest absolute Gasteiger partial charge is 0.417 e. The number of amides is 1. The first-order valence-electron chi connectivity index (χ1n) is 13.5. The summed E-state index contributed by atoms with van der Waals surface area (Å²) in [6, 6.07) is 8.88. The summed E-state index contributed by atoms with van der Waals surface area (Å²) >= 11 is 0. The number of hydrogen-bond acceptors (Lipinski definition) is 7. The third-order valence-corrected chi connectivity index (χ3v) is 9.41. The lowest BCUT2D eigenvalue weighted by molar-refractivity contribution is -0.139. The van der Waals surface area contributed by atoms with Crippen molar-refractivity contribution in [1.82, 2.24) is 14.9 Å². The van der Waals surface area contributed by atoms with Gasteiger partial charge in [-0.15, -0.1) is 0 Å². The van der Waals surface area contributed by atoms with E-state index in [2.05, 4.69) is 10.3 Å². The van der Waals surface area contributed by atoms with E-state index in [0.29, 0.717) is 36.5 Å². The highest BCUT2D eigenvalue weighted by Gasteiger charge is 2.40. The Balaban J connectivity index is 1.72. The maximum atomic E-state index is 14.1. The molecule has 13 heteroatoms. The van der Waals surface area contributed by atoms with Gasteiger partial charge in [0.05, 0.1) is 35.5 Å². The van der Waals surface area contributed by atoms with E-state index in [1.54, 1.807) is 13.8 Å². The maximum Gasteiger partial charge on any atom is 0.417 e. The molecule has 1 aliphatic heterocycles. The number of nitrogens with zero attached hydrogens (tertiary/aromatic N) is 2. The van der Waals surface area contributed by atoms with Crippen molar-refractivity contribution >= 4 is 15.7 Å². The minimum absolute atomic E-state index is 0.0442. The fourth-order valence-electron chi connectivity index (χ4n) is 5.29. The molecule has 3 N–H and O–H groups in total. The van der Waals surface area contributed by atoms with Crippen LogP contribution in [0.15, 0.2) is 47.4 Å². The number of nitrogens with one attached hydrogen (secondary N) is 1. The van der Waals surface area contributed by atoms with Gasteiger partial charge in [-0.25, -0.2) is 13.4 Å². The summed E-state index contributed by atoms with van der Waals surface area (Å²) in [6.07, 6.45) is -3.48. The van der Waals surface area contributed by atoms with Gasteiger partial charge >= 0.3 is 6.18 Å². The van der Waals surface area contributed by atoms with Crippen molar-refractivity contribution in [3.8, 4) is 0 Å². The second-order valence-electron chi connectivity index (χ2n) is 10.4. The quantitative estimate of drug-likeness (QED) is 0.316. The van der Waals surface area contributed by atoms with Crippen molar-refractivity contribution in [2.24, 2.45) is 0 Å². The number of carbonyl (C=O) groups is 1. The number of aromatic nitrogens is 2. The molecule has 1 aromatic heterocycles. The summed E-state index contributed by atoms with van der Waals surface area (Å²) in [6.45, 7) is 3.74. The number of aliphatic hydroxyl groups excluding tert-OH is 2. The number of rotatable bonds is 10. The highest BCUT2D eigenvalue weighted by molar-refractivity contribution is 7.91. The number of sulfone groups is 1. The summed E-state index contributed by atoms with van der Waals surface area (Å²) in [5.41, 5.74) is -1.54. The summed E-state index contributed by atoms with van der Waals surface area (Å²) < 4.78 is 74.0. The summed E-state index contributed by atoms with van der Waals surface area (Å²) in [5, 5.41) is 22.3. The molecule has 9 nitrogen and oxygen atoms in total. The zero-order valence-electron chi connectivity index (χ0n) is 23.5. The van der Waals surface area contributed by atoms with Gasteiger partial charge in [0.15, 0.2) is 9.84 Å². The van der Waals surface area contributed by atoms with Crippen molar-refractivity contribution in [2.75, 3.05) is 19.0 Å². The highest BCUT2D eigenvalue weighted by atomic mass is 32.2. The fraction of sp³-hybridized carbons (Fsp3) is 0.448. The molecular weight excluding hydrogens is 575 g/mol. The van der Waals surface area contributed by atoms with Crippen LogP contribution in [0.3, 0.4) is 0 Å². The summed E-state index contributed by atoms with van der Waals surface area (Å²) in [7, 11) is -3.44. The third kappa shape index (κ3) is 6.24. The molecular formula is C29H34F3N3O6S. The standard InChI is InChI=1S/C29H34F3N3O6S/c1-4-42(39,40)22-11-9-19(10-12-22)23(17-37)33-26(38)25-18(2)35(27(34-25)28(3)13-6-14-41-28)15-20-7-5-8-21(16-36)24(20)29(30,31)32/h5,7-12,23,36-37H,4,6,13-17H2,1-3H3,(H,33,38)/t23-,28?/m0/s1. The third-order valence-electron chi connectivity index (χ3n) is 7.66. The molecule has 2 atom stereocenters. The van der Waals surface area contributed by atoms with Crippen molar-refractivity contribution < 1.29 is 41.3 Å². The van der Waals surface area contributed by atoms with Gasteiger partial charge in [0.1, 0.15) is 17.1 Å². The molecule has 1 fully saturated rings. The molecule has 1 aliphatic rings. The smallest absolute Gasteiger partial charge is 0.394 e. The van der Waals surface area contributed by atoms with Crippen LogP contribution in [-0.2, 0) is 39.5 Å². The average molecular weight is 610 g/mol. The van der Waals surface area contributed by atoms with E-state index < -0.39 is 52.3 Å². The lowest BCUT2D eigenvalue weighted by Gasteiger charge is -2.25. The number of alkyl halides is 3. The molecule has 0 aliphatic carbocycles. The van der Waals surface area contributed by atoms with Gasteiger partial charge < -0.3 is 24.8 Å². The van der Waals surface area contributed by atoms with Crippen LogP contribution in [0.2, 0.25) is 0 Å². The predicted molar refractivity (Wildman–Crippen MR) is 147 cm³/mol. The molecule has 42 heavy (non-hydrogen) atoms. The Morgan fingerprint density at radius 2 is 1.83 bits per heavy atom. The molecule has 228 valence electrons. The Kier molecular flexibility index (Phi) is 9.17. The first-order chi connectivity index (χ1) is 19.8. The van der Waals surface area contributed by atoms with Gasteiger partial charge in [0.2, 0.25) is 0 Å². The molecule has 0 radical (unpaired) electrons. The zero-order chi connectivity index (χ0) is 30.9. The maximum absolute atomic E-state index is 14.1. The topological polar surface area (TPSA) is 131 Å². The minimum atomic E-state index is -4.72. The lowest BCUT2D eigenvalue weighted by Crippen LogP contribution is -2.31. The van der Waals surface area contributed by atoms with E-state index in [9.17, 15) is 36.6 Å². The number of hydrogen-bond donors (Lipinski definition) is 3. The first-order valence-corrected chi connectivity index (χ1v) is 15.2. The van der Waals surface area contributed by atoms with E-state index in [4.69, 9.17) is 4.74 Å². The number of imidazole rings is 1. The first kappa shape index (κ1) is 31.7. The molecule has 4 rings (SSSR count). The van der Waals surface area contributed by atoms with Gasteiger partial charge in [-0.2, -0.15) is 13.2 Å². The van der Waals surface area contributed by atoms with Crippen LogP contribution < -0.4 is 5.32 Å². The van der Waals surface area contributed by atoms with Gasteiger partial charge in [-0.05, 0) is 55.5 Å². The van der Waals surface area contributed by atoms with Crippen LogP contribution in [0, 0.1) is 6.92 Å². The van der Waals surface area contributed by atoms with E-state index in [1.165, 1.54) is 54.0 Å². The van der Waals surface area contributed by atoms with Crippen molar-refractivity contribution in [2.45, 2.75) is 69.5 Å². The number of halogens is 3. The molecule has 0 saturated carbocycles. The van der Waals surface area contributed by atoms with Crippen molar-refractivity contribution in [1.29, 1.82) is 0 Å². The van der Waals surface area contributed by atoms with Crippen LogP contribution in [0.4, 0.5) is 13.2 Å². The molecule has 2 aromatic carbocycles. The molecule has 0 bridgehead atoms. The second kappa shape index (κ2) is 12.2.